The topological polar surface area (TPSA) is 7.68 Å². The van der Waals surface area contributed by atoms with Crippen LogP contribution in [0.15, 0.2) is 0 Å². The van der Waals surface area contributed by atoms with Crippen LogP contribution in [0.5, 0.6) is 0 Å². The summed E-state index contributed by atoms with van der Waals surface area (Å²) in [4.78, 5) is 4.14. The van der Waals surface area contributed by atoms with Crippen LogP contribution in [-0.4, -0.2) is 37.1 Å². The lowest BCUT2D eigenvalue weighted by Gasteiger charge is -2.44. The van der Waals surface area contributed by atoms with Crippen LogP contribution in [0.3, 0.4) is 0 Å². The van der Waals surface area contributed by atoms with Gasteiger partial charge >= 0.3 is 0 Å². The van der Waals surface area contributed by atoms with Crippen LogP contribution in [-0.2, 0) is 0 Å². The summed E-state index contributed by atoms with van der Waals surface area (Å²) in [5.74, 6) is 0. The van der Waals surface area contributed by atoms with Gasteiger partial charge in [0.2, 0.25) is 0 Å². The van der Waals surface area contributed by atoms with Gasteiger partial charge in [-0.25, -0.2) is 0 Å². The number of nitrogens with one attached hydrogen (secondary N) is 1. The van der Waals surface area contributed by atoms with Gasteiger partial charge in [-0.1, -0.05) is 12.8 Å². The second kappa shape index (κ2) is 3.75. The fourth-order valence-corrected chi connectivity index (χ4v) is 2.33. The highest BCUT2D eigenvalue weighted by Gasteiger charge is 2.30. The van der Waals surface area contributed by atoms with E-state index in [0.29, 0.717) is 0 Å². The molecule has 0 spiro atoms. The quantitative estimate of drug-likeness (QED) is 0.538. The first-order chi connectivity index (χ1) is 5.86. The number of rotatable bonds is 1. The maximum absolute atomic E-state index is 4.00. The Hall–Kier alpha value is -0.0800. The van der Waals surface area contributed by atoms with Crippen molar-refractivity contribution in [1.82, 2.24) is 4.90 Å². The molecule has 0 aromatic rings. The zero-order valence-electron chi connectivity index (χ0n) is 7.89. The molecule has 0 unspecified atom stereocenters. The molecule has 0 radical (unpaired) electrons. The minimum Gasteiger partial charge on any atom is -0.465 e. The van der Waals surface area contributed by atoms with E-state index < -0.39 is 0 Å². The number of hydrogen-bond acceptors (Lipinski definition) is 1. The van der Waals surface area contributed by atoms with Crippen LogP contribution in [0.1, 0.15) is 25.7 Å². The zero-order valence-corrected chi connectivity index (χ0v) is 7.89. The van der Waals surface area contributed by atoms with Crippen LogP contribution in [0, 0.1) is 7.05 Å². The molecule has 2 aliphatic heterocycles. The third kappa shape index (κ3) is 1.80. The molecule has 70 valence electrons. The standard InChI is InChI=1S/C10H20N2/c1-11-8-10(9-11)12-6-4-2-3-5-7-12/h10-11H,1-9H2. The molecular formula is C10H20N2. The molecule has 0 saturated carbocycles. The van der Waals surface area contributed by atoms with E-state index in [4.69, 9.17) is 0 Å². The molecule has 0 aromatic heterocycles. The van der Waals surface area contributed by atoms with Crippen molar-refractivity contribution in [2.75, 3.05) is 26.2 Å². The zero-order chi connectivity index (χ0) is 8.39. The highest BCUT2D eigenvalue weighted by Crippen LogP contribution is 2.12. The first-order valence-corrected chi connectivity index (χ1v) is 5.27. The summed E-state index contributed by atoms with van der Waals surface area (Å²) in [5, 5.41) is 0. The SMILES string of the molecule is [CH2-][NH+]1CC(N2CCCCCC2)C1. The highest BCUT2D eigenvalue weighted by atomic mass is 15.3. The molecular weight excluding hydrogens is 148 g/mol. The summed E-state index contributed by atoms with van der Waals surface area (Å²) >= 11 is 0. The Balaban J connectivity index is 1.78. The van der Waals surface area contributed by atoms with E-state index in [2.05, 4.69) is 11.9 Å². The van der Waals surface area contributed by atoms with Gasteiger partial charge in [0, 0.05) is 0 Å². The van der Waals surface area contributed by atoms with Crippen molar-refractivity contribution < 1.29 is 4.90 Å². The third-order valence-corrected chi connectivity index (χ3v) is 3.21. The normalized spacial score (nSPS) is 38.8. The second-order valence-corrected chi connectivity index (χ2v) is 4.26. The monoisotopic (exact) mass is 168 g/mol. The second-order valence-electron chi connectivity index (χ2n) is 4.26. The van der Waals surface area contributed by atoms with Gasteiger partial charge in [0.15, 0.2) is 0 Å². The van der Waals surface area contributed by atoms with Gasteiger partial charge in [-0.05, 0) is 25.9 Å². The molecule has 2 heterocycles. The summed E-state index contributed by atoms with van der Waals surface area (Å²) in [5.41, 5.74) is 0. The molecule has 0 aliphatic carbocycles. The molecule has 2 fully saturated rings. The molecule has 0 amide bonds. The lowest BCUT2D eigenvalue weighted by atomic mass is 10.1. The van der Waals surface area contributed by atoms with Gasteiger partial charge in [-0.2, -0.15) is 7.05 Å². The molecule has 2 saturated heterocycles. The van der Waals surface area contributed by atoms with Crippen LogP contribution in [0.2, 0.25) is 0 Å². The fourth-order valence-electron chi connectivity index (χ4n) is 2.33. The average Bonchev–Trinajstić information content (AvgIpc) is 2.26. The average molecular weight is 168 g/mol. The highest BCUT2D eigenvalue weighted by molar-refractivity contribution is 4.77. The summed E-state index contributed by atoms with van der Waals surface area (Å²) in [6, 6.07) is 0.871. The van der Waals surface area contributed by atoms with Gasteiger partial charge in [-0.15, -0.1) is 0 Å². The molecule has 2 rings (SSSR count). The summed E-state index contributed by atoms with van der Waals surface area (Å²) in [6.45, 7) is 5.25. The summed E-state index contributed by atoms with van der Waals surface area (Å²) in [7, 11) is 4.00. The van der Waals surface area contributed by atoms with E-state index >= 15 is 0 Å². The first kappa shape index (κ1) is 8.52. The van der Waals surface area contributed by atoms with Gasteiger partial charge in [0.05, 0.1) is 13.1 Å². The number of quaternary nitrogens is 1. The molecule has 12 heavy (non-hydrogen) atoms. The van der Waals surface area contributed by atoms with Gasteiger partial charge < -0.3 is 4.90 Å². The molecule has 0 atom stereocenters. The van der Waals surface area contributed by atoms with Crippen molar-refractivity contribution in [3.05, 3.63) is 7.05 Å². The lowest BCUT2D eigenvalue weighted by Crippen LogP contribution is -3.18. The van der Waals surface area contributed by atoms with Gasteiger partial charge in [-0.3, -0.25) is 4.90 Å². The Morgan fingerprint density at radius 1 is 1.00 bits per heavy atom. The summed E-state index contributed by atoms with van der Waals surface area (Å²) < 4.78 is 0. The van der Waals surface area contributed by atoms with Crippen molar-refractivity contribution in [3.63, 3.8) is 0 Å². The van der Waals surface area contributed by atoms with Crippen molar-refractivity contribution in [1.29, 1.82) is 0 Å². The summed E-state index contributed by atoms with van der Waals surface area (Å²) in [6.07, 6.45) is 5.74. The van der Waals surface area contributed by atoms with Crippen molar-refractivity contribution in [2.24, 2.45) is 0 Å². The molecule has 0 bridgehead atoms. The van der Waals surface area contributed by atoms with Gasteiger partial charge in [0.1, 0.15) is 6.04 Å². The predicted octanol–water partition coefficient (Wildman–Crippen LogP) is -0.0789. The molecule has 2 aliphatic rings. The largest absolute Gasteiger partial charge is 0.465 e. The number of likely N-dealkylation sites (tertiary alicyclic amines) is 2. The van der Waals surface area contributed by atoms with E-state index in [1.165, 1.54) is 56.8 Å². The molecule has 0 aromatic carbocycles. The van der Waals surface area contributed by atoms with Crippen molar-refractivity contribution in [3.8, 4) is 0 Å². The van der Waals surface area contributed by atoms with E-state index in [9.17, 15) is 0 Å². The minimum absolute atomic E-state index is 0.871. The minimum atomic E-state index is 0.871. The van der Waals surface area contributed by atoms with E-state index in [0.717, 1.165) is 6.04 Å². The van der Waals surface area contributed by atoms with Crippen molar-refractivity contribution >= 4 is 0 Å². The predicted molar refractivity (Wildman–Crippen MR) is 49.9 cm³/mol. The first-order valence-electron chi connectivity index (χ1n) is 5.27. The van der Waals surface area contributed by atoms with Crippen LogP contribution in [0.25, 0.3) is 0 Å². The Morgan fingerprint density at radius 3 is 2.08 bits per heavy atom. The Bertz CT molecular complexity index is 133. The lowest BCUT2D eigenvalue weighted by molar-refractivity contribution is -0.902. The maximum atomic E-state index is 4.00. The Kier molecular flexibility index (Phi) is 2.66. The van der Waals surface area contributed by atoms with E-state index in [1.807, 2.05) is 0 Å². The Labute approximate surface area is 75.5 Å². The molecule has 1 N–H and O–H groups in total. The van der Waals surface area contributed by atoms with Crippen LogP contribution in [0.4, 0.5) is 0 Å². The Morgan fingerprint density at radius 2 is 1.58 bits per heavy atom. The van der Waals surface area contributed by atoms with Crippen molar-refractivity contribution in [2.45, 2.75) is 31.7 Å². The van der Waals surface area contributed by atoms with Crippen LogP contribution >= 0.6 is 0 Å². The van der Waals surface area contributed by atoms with Crippen LogP contribution < -0.4 is 4.90 Å². The third-order valence-electron chi connectivity index (χ3n) is 3.21. The smallest absolute Gasteiger partial charge is 0.104 e. The fraction of sp³-hybridized carbons (Fsp3) is 0.900. The molecule has 2 nitrogen and oxygen atoms in total. The maximum Gasteiger partial charge on any atom is 0.104 e. The number of hydrogen-bond donors (Lipinski definition) is 1. The van der Waals surface area contributed by atoms with E-state index in [1.54, 1.807) is 0 Å². The molecule has 2 heteroatoms. The van der Waals surface area contributed by atoms with Gasteiger partial charge in [0.25, 0.3) is 0 Å². The number of nitrogens with zero attached hydrogens (tertiary/aromatic N) is 1. The van der Waals surface area contributed by atoms with E-state index in [-0.39, 0.29) is 0 Å².